The molecule has 0 spiro atoms. The first kappa shape index (κ1) is 17.7. The van der Waals surface area contributed by atoms with E-state index >= 15 is 0 Å². The van der Waals surface area contributed by atoms with Crippen LogP contribution in [0, 0.1) is 0 Å². The van der Waals surface area contributed by atoms with E-state index in [0.29, 0.717) is 22.6 Å². The van der Waals surface area contributed by atoms with Gasteiger partial charge in [-0.3, -0.25) is 19.0 Å². The Morgan fingerprint density at radius 1 is 1.42 bits per heavy atom. The molecule has 0 unspecified atom stereocenters. The smallest absolute Gasteiger partial charge is 0.325 e. The summed E-state index contributed by atoms with van der Waals surface area (Å²) >= 11 is 1.12. The number of methoxy groups -OCH3 is 1. The van der Waals surface area contributed by atoms with Crippen LogP contribution in [0.25, 0.3) is 10.9 Å². The van der Waals surface area contributed by atoms with Crippen molar-refractivity contribution in [3.05, 3.63) is 47.3 Å². The summed E-state index contributed by atoms with van der Waals surface area (Å²) in [5.41, 5.74) is 0.387. The summed E-state index contributed by atoms with van der Waals surface area (Å²) in [5.74, 6) is -0.849. The molecule has 2 rings (SSSR count). The lowest BCUT2D eigenvalue weighted by Crippen LogP contribution is -2.31. The maximum atomic E-state index is 12.5. The number of aromatic nitrogens is 2. The van der Waals surface area contributed by atoms with E-state index in [-0.39, 0.29) is 23.8 Å². The third-order valence-electron chi connectivity index (χ3n) is 3.13. The molecule has 8 heteroatoms. The van der Waals surface area contributed by atoms with Gasteiger partial charge in [-0.05, 0) is 12.1 Å². The molecule has 0 radical (unpaired) electrons. The minimum absolute atomic E-state index is 0.0267. The minimum atomic E-state index is -0.527. The maximum Gasteiger partial charge on any atom is 0.325 e. The normalized spacial score (nSPS) is 10.4. The number of nitrogens with one attached hydrogen (secondary N) is 1. The standard InChI is InChI=1S/C16H17N3O4S/c1-3-8-19-15(22)11-6-4-5-7-12(11)18-16(19)24-10-13(20)17-9-14(21)23-2/h3-7H,1,8-10H2,2H3,(H,17,20). The number of rotatable bonds is 7. The molecule has 2 aromatic rings. The molecule has 1 amide bonds. The van der Waals surface area contributed by atoms with Crippen LogP contribution in [0.2, 0.25) is 0 Å². The number of para-hydroxylation sites is 1. The van der Waals surface area contributed by atoms with Gasteiger partial charge in [0, 0.05) is 6.54 Å². The quantitative estimate of drug-likeness (QED) is 0.347. The van der Waals surface area contributed by atoms with Crippen molar-refractivity contribution in [1.29, 1.82) is 0 Å². The van der Waals surface area contributed by atoms with Crippen molar-refractivity contribution in [3.8, 4) is 0 Å². The molecule has 0 saturated heterocycles. The number of amides is 1. The van der Waals surface area contributed by atoms with Gasteiger partial charge in [0.25, 0.3) is 5.56 Å². The van der Waals surface area contributed by atoms with Crippen molar-refractivity contribution in [2.24, 2.45) is 0 Å². The molecule has 0 aliphatic rings. The first-order valence-corrected chi connectivity index (χ1v) is 8.12. The number of carbonyl (C=O) groups excluding carboxylic acids is 2. The van der Waals surface area contributed by atoms with Crippen LogP contribution < -0.4 is 10.9 Å². The zero-order valence-corrected chi connectivity index (χ0v) is 14.0. The van der Waals surface area contributed by atoms with E-state index in [2.05, 4.69) is 21.6 Å². The van der Waals surface area contributed by atoms with Crippen LogP contribution in [0.1, 0.15) is 0 Å². The Kier molecular flexibility index (Phi) is 6.14. The number of esters is 1. The Hall–Kier alpha value is -2.61. The van der Waals surface area contributed by atoms with E-state index < -0.39 is 5.97 Å². The Labute approximate surface area is 142 Å². The Morgan fingerprint density at radius 2 is 2.17 bits per heavy atom. The predicted octanol–water partition coefficient (Wildman–Crippen LogP) is 0.964. The highest BCUT2D eigenvalue weighted by Crippen LogP contribution is 2.17. The zero-order valence-electron chi connectivity index (χ0n) is 13.2. The molecule has 1 aromatic heterocycles. The molecule has 0 atom stereocenters. The second-order valence-corrected chi connectivity index (χ2v) is 5.70. The average Bonchev–Trinajstić information content (AvgIpc) is 2.60. The molecule has 0 saturated carbocycles. The predicted molar refractivity (Wildman–Crippen MR) is 91.9 cm³/mol. The number of fused-ring (bicyclic) bond motifs is 1. The number of carbonyl (C=O) groups is 2. The van der Waals surface area contributed by atoms with Crippen molar-refractivity contribution in [3.63, 3.8) is 0 Å². The van der Waals surface area contributed by atoms with Gasteiger partial charge >= 0.3 is 5.97 Å². The lowest BCUT2D eigenvalue weighted by Gasteiger charge is -2.11. The summed E-state index contributed by atoms with van der Waals surface area (Å²) in [7, 11) is 1.25. The zero-order chi connectivity index (χ0) is 17.5. The van der Waals surface area contributed by atoms with Crippen molar-refractivity contribution in [2.75, 3.05) is 19.4 Å². The largest absolute Gasteiger partial charge is 0.468 e. The van der Waals surface area contributed by atoms with Crippen LogP contribution in [0.3, 0.4) is 0 Å². The number of hydrogen-bond acceptors (Lipinski definition) is 6. The number of thioether (sulfide) groups is 1. The Balaban J connectivity index is 2.19. The van der Waals surface area contributed by atoms with Gasteiger partial charge in [-0.2, -0.15) is 0 Å². The Bertz CT molecular complexity index is 832. The van der Waals surface area contributed by atoms with Gasteiger partial charge in [-0.15, -0.1) is 6.58 Å². The van der Waals surface area contributed by atoms with Gasteiger partial charge in [-0.1, -0.05) is 30.0 Å². The van der Waals surface area contributed by atoms with Crippen molar-refractivity contribution in [2.45, 2.75) is 11.7 Å². The molecule has 7 nitrogen and oxygen atoms in total. The van der Waals surface area contributed by atoms with E-state index in [9.17, 15) is 14.4 Å². The second kappa shape index (κ2) is 8.30. The molecule has 126 valence electrons. The first-order valence-electron chi connectivity index (χ1n) is 7.13. The summed E-state index contributed by atoms with van der Waals surface area (Å²) in [6.45, 7) is 3.74. The third-order valence-corrected chi connectivity index (χ3v) is 4.10. The van der Waals surface area contributed by atoms with Crippen LogP contribution in [0.5, 0.6) is 0 Å². The van der Waals surface area contributed by atoms with Crippen molar-refractivity contribution < 1.29 is 14.3 Å². The molecule has 1 N–H and O–H groups in total. The third kappa shape index (κ3) is 4.23. The summed E-state index contributed by atoms with van der Waals surface area (Å²) in [6.07, 6.45) is 1.60. The fraction of sp³-hybridized carbons (Fsp3) is 0.250. The number of hydrogen-bond donors (Lipinski definition) is 1. The van der Waals surface area contributed by atoms with E-state index in [1.807, 2.05) is 0 Å². The van der Waals surface area contributed by atoms with Crippen LogP contribution >= 0.6 is 11.8 Å². The molecular formula is C16H17N3O4S. The summed E-state index contributed by atoms with van der Waals surface area (Å²) in [6, 6.07) is 7.03. The maximum absolute atomic E-state index is 12.5. The van der Waals surface area contributed by atoms with E-state index in [4.69, 9.17) is 0 Å². The van der Waals surface area contributed by atoms with Crippen molar-refractivity contribution in [1.82, 2.24) is 14.9 Å². The fourth-order valence-corrected chi connectivity index (χ4v) is 2.81. The topological polar surface area (TPSA) is 90.3 Å². The minimum Gasteiger partial charge on any atom is -0.468 e. The van der Waals surface area contributed by atoms with Crippen LogP contribution in [-0.2, 0) is 20.9 Å². The lowest BCUT2D eigenvalue weighted by molar-refractivity contribution is -0.140. The van der Waals surface area contributed by atoms with Crippen molar-refractivity contribution >= 4 is 34.5 Å². The van der Waals surface area contributed by atoms with Gasteiger partial charge in [0.1, 0.15) is 6.54 Å². The number of allylic oxidation sites excluding steroid dienone is 1. The van der Waals surface area contributed by atoms with Crippen LogP contribution in [0.15, 0.2) is 46.9 Å². The van der Waals surface area contributed by atoms with E-state index in [1.54, 1.807) is 30.3 Å². The second-order valence-electron chi connectivity index (χ2n) is 4.76. The highest BCUT2D eigenvalue weighted by atomic mass is 32.2. The van der Waals surface area contributed by atoms with Gasteiger partial charge in [-0.25, -0.2) is 4.98 Å². The van der Waals surface area contributed by atoms with Gasteiger partial charge < -0.3 is 10.1 Å². The molecule has 24 heavy (non-hydrogen) atoms. The Morgan fingerprint density at radius 3 is 2.88 bits per heavy atom. The molecular weight excluding hydrogens is 330 g/mol. The van der Waals surface area contributed by atoms with E-state index in [1.165, 1.54) is 11.7 Å². The fourth-order valence-electron chi connectivity index (χ4n) is 1.97. The number of ether oxygens (including phenoxy) is 1. The molecule has 0 aliphatic carbocycles. The summed E-state index contributed by atoms with van der Waals surface area (Å²) in [5, 5.41) is 3.37. The first-order chi connectivity index (χ1) is 11.6. The van der Waals surface area contributed by atoms with E-state index in [0.717, 1.165) is 11.8 Å². The number of benzene rings is 1. The highest BCUT2D eigenvalue weighted by Gasteiger charge is 2.13. The lowest BCUT2D eigenvalue weighted by atomic mass is 10.2. The summed E-state index contributed by atoms with van der Waals surface area (Å²) < 4.78 is 5.91. The highest BCUT2D eigenvalue weighted by molar-refractivity contribution is 7.99. The summed E-state index contributed by atoms with van der Waals surface area (Å²) in [4.78, 5) is 39.8. The molecule has 0 bridgehead atoms. The number of nitrogens with zero attached hydrogens (tertiary/aromatic N) is 2. The monoisotopic (exact) mass is 347 g/mol. The molecule has 1 aromatic carbocycles. The van der Waals surface area contributed by atoms with Gasteiger partial charge in [0.05, 0.1) is 23.8 Å². The SMILES string of the molecule is C=CCn1c(SCC(=O)NCC(=O)OC)nc2ccccc2c1=O. The van der Waals surface area contributed by atoms with Crippen LogP contribution in [0.4, 0.5) is 0 Å². The van der Waals surface area contributed by atoms with Gasteiger partial charge in [0.2, 0.25) is 5.91 Å². The molecule has 0 fully saturated rings. The average molecular weight is 347 g/mol. The van der Waals surface area contributed by atoms with Crippen LogP contribution in [-0.4, -0.2) is 40.8 Å². The molecule has 0 aliphatic heterocycles. The molecule has 1 heterocycles. The van der Waals surface area contributed by atoms with Gasteiger partial charge in [0.15, 0.2) is 5.16 Å².